The molecule has 1 aromatic carbocycles. The smallest absolute Gasteiger partial charge is 0.160 e. The second kappa shape index (κ2) is 4.55. The zero-order valence-corrected chi connectivity index (χ0v) is 8.32. The molecule has 0 unspecified atom stereocenters. The van der Waals surface area contributed by atoms with E-state index in [1.165, 1.54) is 12.1 Å². The lowest BCUT2D eigenvalue weighted by atomic mass is 10.2. The van der Waals surface area contributed by atoms with Gasteiger partial charge in [0.05, 0.1) is 0 Å². The van der Waals surface area contributed by atoms with Gasteiger partial charge in [-0.15, -0.1) is 0 Å². The number of rotatable bonds is 2. The van der Waals surface area contributed by atoms with Crippen LogP contribution >= 0.6 is 11.8 Å². The Labute approximate surface area is 84.8 Å². The van der Waals surface area contributed by atoms with Crippen LogP contribution < -0.4 is 0 Å². The van der Waals surface area contributed by atoms with Crippen LogP contribution in [0.5, 0.6) is 0 Å². The maximum Gasteiger partial charge on any atom is 0.446 e. The summed E-state index contributed by atoms with van der Waals surface area (Å²) in [4.78, 5) is 0.216. The summed E-state index contributed by atoms with van der Waals surface area (Å²) in [6, 6.07) is 6.34. The Morgan fingerprint density at radius 2 is 2.00 bits per heavy atom. The standard InChI is InChI=1S/C10H9F3S/c1-2-4-8-5-3-6-9(7-8)14-10(11,12)13/h2-7H,1H3. The highest BCUT2D eigenvalue weighted by Crippen LogP contribution is 2.36. The van der Waals surface area contributed by atoms with E-state index in [0.717, 1.165) is 5.56 Å². The fraction of sp³-hybridized carbons (Fsp3) is 0.200. The highest BCUT2D eigenvalue weighted by molar-refractivity contribution is 8.00. The average Bonchev–Trinajstić information content (AvgIpc) is 2.02. The average molecular weight is 218 g/mol. The van der Waals surface area contributed by atoms with Crippen molar-refractivity contribution in [3.8, 4) is 0 Å². The fourth-order valence-corrected chi connectivity index (χ4v) is 1.62. The Bertz CT molecular complexity index is 328. The monoisotopic (exact) mass is 218 g/mol. The van der Waals surface area contributed by atoms with Crippen molar-refractivity contribution in [3.63, 3.8) is 0 Å². The van der Waals surface area contributed by atoms with Crippen LogP contribution in [0, 0.1) is 0 Å². The molecule has 1 rings (SSSR count). The molecular formula is C10H9F3S. The quantitative estimate of drug-likeness (QED) is 0.666. The second-order valence-electron chi connectivity index (χ2n) is 2.62. The van der Waals surface area contributed by atoms with Gasteiger partial charge in [-0.1, -0.05) is 24.3 Å². The molecule has 0 atom stereocenters. The molecule has 1 aromatic rings. The van der Waals surface area contributed by atoms with E-state index in [2.05, 4.69) is 0 Å². The zero-order chi connectivity index (χ0) is 10.6. The van der Waals surface area contributed by atoms with E-state index in [-0.39, 0.29) is 16.7 Å². The number of allylic oxidation sites excluding steroid dienone is 1. The first-order valence-corrected chi connectivity index (χ1v) is 4.81. The van der Waals surface area contributed by atoms with Crippen LogP contribution in [0.15, 0.2) is 35.2 Å². The number of hydrogen-bond donors (Lipinski definition) is 0. The molecule has 0 heterocycles. The summed E-state index contributed by atoms with van der Waals surface area (Å²) in [5.74, 6) is 0. The van der Waals surface area contributed by atoms with Crippen molar-refractivity contribution in [1.29, 1.82) is 0 Å². The summed E-state index contributed by atoms with van der Waals surface area (Å²) in [6.45, 7) is 1.82. The van der Waals surface area contributed by atoms with Crippen LogP contribution in [-0.2, 0) is 0 Å². The van der Waals surface area contributed by atoms with E-state index >= 15 is 0 Å². The van der Waals surface area contributed by atoms with Crippen LogP contribution in [-0.4, -0.2) is 5.51 Å². The van der Waals surface area contributed by atoms with Gasteiger partial charge in [-0.05, 0) is 36.4 Å². The third-order valence-electron chi connectivity index (χ3n) is 1.45. The first kappa shape index (κ1) is 11.2. The first-order valence-electron chi connectivity index (χ1n) is 4.00. The van der Waals surface area contributed by atoms with Gasteiger partial charge in [-0.3, -0.25) is 0 Å². The number of thioether (sulfide) groups is 1. The number of alkyl halides is 3. The number of hydrogen-bond acceptors (Lipinski definition) is 1. The van der Waals surface area contributed by atoms with Gasteiger partial charge in [0.15, 0.2) is 0 Å². The Morgan fingerprint density at radius 3 is 2.57 bits per heavy atom. The lowest BCUT2D eigenvalue weighted by Crippen LogP contribution is -1.98. The van der Waals surface area contributed by atoms with E-state index in [1.807, 2.05) is 6.92 Å². The van der Waals surface area contributed by atoms with Crippen molar-refractivity contribution in [2.75, 3.05) is 0 Å². The number of halogens is 3. The highest BCUT2D eigenvalue weighted by Gasteiger charge is 2.28. The summed E-state index contributed by atoms with van der Waals surface area (Å²) < 4.78 is 36.0. The molecule has 4 heteroatoms. The summed E-state index contributed by atoms with van der Waals surface area (Å²) in [5.41, 5.74) is -3.43. The Hall–Kier alpha value is -0.900. The largest absolute Gasteiger partial charge is 0.446 e. The molecule has 0 aliphatic rings. The summed E-state index contributed by atoms with van der Waals surface area (Å²) >= 11 is -0.0931. The van der Waals surface area contributed by atoms with E-state index in [0.29, 0.717) is 0 Å². The van der Waals surface area contributed by atoms with Gasteiger partial charge in [0.25, 0.3) is 0 Å². The summed E-state index contributed by atoms with van der Waals surface area (Å²) in [6.07, 6.45) is 3.55. The minimum Gasteiger partial charge on any atom is -0.160 e. The van der Waals surface area contributed by atoms with Crippen molar-refractivity contribution >= 4 is 17.8 Å². The fourth-order valence-electron chi connectivity index (χ4n) is 1.01. The van der Waals surface area contributed by atoms with Gasteiger partial charge in [0, 0.05) is 4.90 Å². The molecule has 76 valence electrons. The van der Waals surface area contributed by atoms with Crippen molar-refractivity contribution < 1.29 is 13.2 Å². The number of benzene rings is 1. The zero-order valence-electron chi connectivity index (χ0n) is 7.51. The second-order valence-corrected chi connectivity index (χ2v) is 3.76. The minimum absolute atomic E-state index is 0.0931. The van der Waals surface area contributed by atoms with Crippen molar-refractivity contribution in [3.05, 3.63) is 35.9 Å². The molecule has 0 spiro atoms. The summed E-state index contributed by atoms with van der Waals surface area (Å²) in [7, 11) is 0. The predicted molar refractivity (Wildman–Crippen MR) is 53.1 cm³/mol. The van der Waals surface area contributed by atoms with Gasteiger partial charge in [-0.2, -0.15) is 13.2 Å². The van der Waals surface area contributed by atoms with Crippen molar-refractivity contribution in [2.24, 2.45) is 0 Å². The Kier molecular flexibility index (Phi) is 3.63. The molecule has 0 bridgehead atoms. The van der Waals surface area contributed by atoms with Crippen LogP contribution in [0.2, 0.25) is 0 Å². The molecule has 0 aliphatic carbocycles. The first-order chi connectivity index (χ1) is 6.51. The Morgan fingerprint density at radius 1 is 1.29 bits per heavy atom. The molecule has 0 N–H and O–H groups in total. The molecule has 0 saturated heterocycles. The minimum atomic E-state index is -4.21. The summed E-state index contributed by atoms with van der Waals surface area (Å²) in [5, 5.41) is 0. The van der Waals surface area contributed by atoms with Gasteiger partial charge in [-0.25, -0.2) is 0 Å². The van der Waals surface area contributed by atoms with Crippen LogP contribution in [0.3, 0.4) is 0 Å². The van der Waals surface area contributed by atoms with Gasteiger partial charge in [0.2, 0.25) is 0 Å². The third-order valence-corrected chi connectivity index (χ3v) is 2.17. The highest BCUT2D eigenvalue weighted by atomic mass is 32.2. The lowest BCUT2D eigenvalue weighted by molar-refractivity contribution is -0.0328. The van der Waals surface area contributed by atoms with Crippen LogP contribution in [0.1, 0.15) is 12.5 Å². The molecule has 14 heavy (non-hydrogen) atoms. The molecule has 0 amide bonds. The van der Waals surface area contributed by atoms with Gasteiger partial charge >= 0.3 is 5.51 Å². The van der Waals surface area contributed by atoms with E-state index in [9.17, 15) is 13.2 Å². The maximum atomic E-state index is 12.0. The van der Waals surface area contributed by atoms with E-state index < -0.39 is 5.51 Å². The SMILES string of the molecule is CC=Cc1cccc(SC(F)(F)F)c1. The predicted octanol–water partition coefficient (Wildman–Crippen LogP) is 4.33. The topological polar surface area (TPSA) is 0 Å². The van der Waals surface area contributed by atoms with E-state index in [1.54, 1.807) is 24.3 Å². The lowest BCUT2D eigenvalue weighted by Gasteiger charge is -2.05. The van der Waals surface area contributed by atoms with Gasteiger partial charge in [0.1, 0.15) is 0 Å². The van der Waals surface area contributed by atoms with Crippen molar-refractivity contribution in [2.45, 2.75) is 17.3 Å². The van der Waals surface area contributed by atoms with Crippen LogP contribution in [0.4, 0.5) is 13.2 Å². The maximum absolute atomic E-state index is 12.0. The molecule has 0 aromatic heterocycles. The molecule has 0 radical (unpaired) electrons. The molecular weight excluding hydrogens is 209 g/mol. The van der Waals surface area contributed by atoms with Gasteiger partial charge < -0.3 is 0 Å². The molecule has 0 nitrogen and oxygen atoms in total. The van der Waals surface area contributed by atoms with Crippen LogP contribution in [0.25, 0.3) is 6.08 Å². The Balaban J connectivity index is 2.84. The van der Waals surface area contributed by atoms with Crippen molar-refractivity contribution in [1.82, 2.24) is 0 Å². The molecule has 0 saturated carbocycles. The normalized spacial score (nSPS) is 12.3. The molecule has 0 fully saturated rings. The third kappa shape index (κ3) is 3.87. The van der Waals surface area contributed by atoms with E-state index in [4.69, 9.17) is 0 Å². The molecule has 0 aliphatic heterocycles.